The van der Waals surface area contributed by atoms with Crippen molar-refractivity contribution in [3.05, 3.63) is 45.3 Å². The van der Waals surface area contributed by atoms with E-state index in [4.69, 9.17) is 0 Å². The Bertz CT molecular complexity index is 505. The Morgan fingerprint density at radius 1 is 1.47 bits per heavy atom. The van der Waals surface area contributed by atoms with Gasteiger partial charge in [-0.05, 0) is 47.7 Å². The molecule has 0 aliphatic rings. The van der Waals surface area contributed by atoms with Crippen molar-refractivity contribution >= 4 is 28.9 Å². The first-order valence-electron chi connectivity index (χ1n) is 4.48. The molecule has 0 amide bonds. The molecule has 1 heterocycles. The lowest BCUT2D eigenvalue weighted by Gasteiger charge is -2.00. The van der Waals surface area contributed by atoms with Crippen molar-refractivity contribution in [3.8, 4) is 5.69 Å². The number of nitrogens with zero attached hydrogens (tertiary/aromatic N) is 2. The fourth-order valence-electron chi connectivity index (χ4n) is 1.34. The van der Waals surface area contributed by atoms with Crippen molar-refractivity contribution in [2.45, 2.75) is 6.92 Å². The molecule has 3 nitrogen and oxygen atoms in total. The number of rotatable bonds is 2. The molecule has 15 heavy (non-hydrogen) atoms. The number of hydrogen-bond acceptors (Lipinski definition) is 2. The summed E-state index contributed by atoms with van der Waals surface area (Å²) in [6.07, 6.45) is 2.57. The molecule has 0 atom stereocenters. The maximum absolute atomic E-state index is 10.7. The zero-order valence-corrected chi connectivity index (χ0v) is 10.3. The van der Waals surface area contributed by atoms with Crippen molar-refractivity contribution in [3.63, 3.8) is 0 Å². The molecule has 0 unspecified atom stereocenters. The number of halogens is 1. The highest BCUT2D eigenvalue weighted by molar-refractivity contribution is 14.1. The van der Waals surface area contributed by atoms with E-state index < -0.39 is 0 Å². The first-order valence-corrected chi connectivity index (χ1v) is 5.56. The lowest BCUT2D eigenvalue weighted by atomic mass is 10.3. The number of aldehydes is 1. The molecule has 0 aliphatic carbocycles. The summed E-state index contributed by atoms with van der Waals surface area (Å²) in [5.41, 5.74) is 2.36. The van der Waals surface area contributed by atoms with E-state index >= 15 is 0 Å². The zero-order chi connectivity index (χ0) is 10.8. The summed E-state index contributed by atoms with van der Waals surface area (Å²) in [5, 5.41) is 4.27. The van der Waals surface area contributed by atoms with Gasteiger partial charge in [0.05, 0.1) is 16.9 Å². The third kappa shape index (κ3) is 2.09. The van der Waals surface area contributed by atoms with E-state index in [2.05, 4.69) is 27.7 Å². The van der Waals surface area contributed by atoms with E-state index in [-0.39, 0.29) is 0 Å². The second kappa shape index (κ2) is 4.14. The first-order chi connectivity index (χ1) is 7.20. The molecule has 2 rings (SSSR count). The van der Waals surface area contributed by atoms with E-state index in [1.54, 1.807) is 10.9 Å². The second-order valence-corrected chi connectivity index (χ2v) is 4.46. The van der Waals surface area contributed by atoms with Crippen LogP contribution in [0.15, 0.2) is 30.5 Å². The van der Waals surface area contributed by atoms with Gasteiger partial charge in [0, 0.05) is 9.77 Å². The highest BCUT2D eigenvalue weighted by atomic mass is 127. The van der Waals surface area contributed by atoms with Gasteiger partial charge in [-0.25, -0.2) is 4.68 Å². The van der Waals surface area contributed by atoms with Crippen LogP contribution in [0.25, 0.3) is 5.69 Å². The minimum atomic E-state index is 0.633. The largest absolute Gasteiger partial charge is 0.298 e. The number of aromatic nitrogens is 2. The lowest BCUT2D eigenvalue weighted by Crippen LogP contribution is -1.94. The predicted octanol–water partition coefficient (Wildman–Crippen LogP) is 2.60. The quantitative estimate of drug-likeness (QED) is 0.631. The molecule has 0 bridgehead atoms. The molecular formula is C11H9IN2O. The van der Waals surface area contributed by atoms with Crippen LogP contribution in [-0.2, 0) is 0 Å². The first kappa shape index (κ1) is 10.4. The number of aryl methyl sites for hydroxylation is 1. The van der Waals surface area contributed by atoms with Crippen LogP contribution in [0.4, 0.5) is 0 Å². The molecule has 1 aromatic heterocycles. The molecule has 1 aromatic carbocycles. The number of carbonyl (C=O) groups excluding carboxylic acids is 1. The number of carbonyl (C=O) groups is 1. The van der Waals surface area contributed by atoms with Crippen molar-refractivity contribution in [1.82, 2.24) is 9.78 Å². The summed E-state index contributed by atoms with van der Waals surface area (Å²) in [4.78, 5) is 10.7. The van der Waals surface area contributed by atoms with Gasteiger partial charge in [0.25, 0.3) is 0 Å². The van der Waals surface area contributed by atoms with Gasteiger partial charge in [-0.1, -0.05) is 6.07 Å². The van der Waals surface area contributed by atoms with Gasteiger partial charge in [-0.2, -0.15) is 5.10 Å². The highest BCUT2D eigenvalue weighted by Gasteiger charge is 2.04. The van der Waals surface area contributed by atoms with Crippen LogP contribution in [-0.4, -0.2) is 16.1 Å². The van der Waals surface area contributed by atoms with Crippen LogP contribution in [0.2, 0.25) is 0 Å². The number of hydrogen-bond donors (Lipinski definition) is 0. The average Bonchev–Trinajstić information content (AvgIpc) is 2.60. The van der Waals surface area contributed by atoms with Crippen LogP contribution >= 0.6 is 22.6 Å². The maximum Gasteiger partial charge on any atom is 0.153 e. The van der Waals surface area contributed by atoms with E-state index in [0.29, 0.717) is 5.56 Å². The Kier molecular flexibility index (Phi) is 2.86. The molecule has 0 spiro atoms. The van der Waals surface area contributed by atoms with Gasteiger partial charge in [0.2, 0.25) is 0 Å². The van der Waals surface area contributed by atoms with Gasteiger partial charge >= 0.3 is 0 Å². The van der Waals surface area contributed by atoms with Gasteiger partial charge in [0.1, 0.15) is 0 Å². The van der Waals surface area contributed by atoms with Crippen molar-refractivity contribution < 1.29 is 4.79 Å². The molecule has 0 radical (unpaired) electrons. The highest BCUT2D eigenvalue weighted by Crippen LogP contribution is 2.13. The molecule has 4 heteroatoms. The van der Waals surface area contributed by atoms with Crippen LogP contribution in [0.5, 0.6) is 0 Å². The zero-order valence-electron chi connectivity index (χ0n) is 8.14. The monoisotopic (exact) mass is 312 g/mol. The minimum Gasteiger partial charge on any atom is -0.298 e. The summed E-state index contributed by atoms with van der Waals surface area (Å²) in [6, 6.07) is 7.96. The molecule has 2 aromatic rings. The van der Waals surface area contributed by atoms with Crippen LogP contribution in [0.1, 0.15) is 16.1 Å². The summed E-state index contributed by atoms with van der Waals surface area (Å²) in [7, 11) is 0. The van der Waals surface area contributed by atoms with E-state index in [1.807, 2.05) is 31.2 Å². The lowest BCUT2D eigenvalue weighted by molar-refractivity contribution is 0.112. The van der Waals surface area contributed by atoms with E-state index in [1.165, 1.54) is 0 Å². The normalized spacial score (nSPS) is 10.3. The molecular weight excluding hydrogens is 303 g/mol. The van der Waals surface area contributed by atoms with Crippen LogP contribution in [0.3, 0.4) is 0 Å². The molecule has 0 fully saturated rings. The predicted molar refractivity (Wildman–Crippen MR) is 66.4 cm³/mol. The molecule has 0 aliphatic heterocycles. The third-order valence-electron chi connectivity index (χ3n) is 2.14. The molecule has 0 saturated carbocycles. The van der Waals surface area contributed by atoms with Crippen LogP contribution in [0, 0.1) is 10.5 Å². The van der Waals surface area contributed by atoms with Gasteiger partial charge in [0.15, 0.2) is 6.29 Å². The van der Waals surface area contributed by atoms with Crippen molar-refractivity contribution in [2.75, 3.05) is 0 Å². The SMILES string of the molecule is Cc1nn(-c2cccc(I)c2)cc1C=O. The molecule has 0 saturated heterocycles. The Labute approximate surface area is 101 Å². The van der Waals surface area contributed by atoms with Crippen LogP contribution < -0.4 is 0 Å². The topological polar surface area (TPSA) is 34.9 Å². The summed E-state index contributed by atoms with van der Waals surface area (Å²) < 4.78 is 2.87. The van der Waals surface area contributed by atoms with E-state index in [0.717, 1.165) is 21.2 Å². The van der Waals surface area contributed by atoms with Gasteiger partial charge in [-0.3, -0.25) is 4.79 Å². The second-order valence-electron chi connectivity index (χ2n) is 3.21. The fraction of sp³-hybridized carbons (Fsp3) is 0.0909. The summed E-state index contributed by atoms with van der Waals surface area (Å²) in [6.45, 7) is 1.83. The van der Waals surface area contributed by atoms with Crippen molar-refractivity contribution in [2.24, 2.45) is 0 Å². The summed E-state index contributed by atoms with van der Waals surface area (Å²) >= 11 is 2.25. The standard InChI is InChI=1S/C11H9IN2O/c1-8-9(7-15)6-14(13-8)11-4-2-3-10(12)5-11/h2-7H,1H3. The molecule has 76 valence electrons. The van der Waals surface area contributed by atoms with Gasteiger partial charge in [-0.15, -0.1) is 0 Å². The van der Waals surface area contributed by atoms with Gasteiger partial charge < -0.3 is 0 Å². The summed E-state index contributed by atoms with van der Waals surface area (Å²) in [5.74, 6) is 0. The Morgan fingerprint density at radius 2 is 2.27 bits per heavy atom. The maximum atomic E-state index is 10.7. The smallest absolute Gasteiger partial charge is 0.153 e. The Morgan fingerprint density at radius 3 is 2.87 bits per heavy atom. The number of benzene rings is 1. The Balaban J connectivity index is 2.49. The van der Waals surface area contributed by atoms with E-state index in [9.17, 15) is 4.79 Å². The fourth-order valence-corrected chi connectivity index (χ4v) is 1.87. The minimum absolute atomic E-state index is 0.633. The third-order valence-corrected chi connectivity index (χ3v) is 2.81. The molecule has 0 N–H and O–H groups in total. The Hall–Kier alpha value is -1.17. The average molecular weight is 312 g/mol. The van der Waals surface area contributed by atoms with Crippen molar-refractivity contribution in [1.29, 1.82) is 0 Å².